The van der Waals surface area contributed by atoms with Crippen molar-refractivity contribution in [2.45, 2.75) is 0 Å². The highest BCUT2D eigenvalue weighted by molar-refractivity contribution is 5.92. The van der Waals surface area contributed by atoms with E-state index in [-0.39, 0.29) is 11.4 Å². The molecule has 17 heavy (non-hydrogen) atoms. The van der Waals surface area contributed by atoms with Crippen LogP contribution in [-0.2, 0) is 7.05 Å². The molecular formula is C11H9FN2O3. The first-order valence-corrected chi connectivity index (χ1v) is 4.79. The SMILES string of the molecule is Cn1c(-c2cccc(F)c2)c(C(=O)O)[nH]c1=O. The fourth-order valence-corrected chi connectivity index (χ4v) is 1.65. The average molecular weight is 236 g/mol. The lowest BCUT2D eigenvalue weighted by atomic mass is 10.1. The lowest BCUT2D eigenvalue weighted by Crippen LogP contribution is -2.13. The molecule has 5 nitrogen and oxygen atoms in total. The van der Waals surface area contributed by atoms with Crippen molar-refractivity contribution >= 4 is 5.97 Å². The topological polar surface area (TPSA) is 75.1 Å². The predicted molar refractivity (Wildman–Crippen MR) is 58.4 cm³/mol. The van der Waals surface area contributed by atoms with Gasteiger partial charge in [0, 0.05) is 12.6 Å². The minimum absolute atomic E-state index is 0.155. The molecule has 0 atom stereocenters. The molecule has 0 amide bonds. The maximum Gasteiger partial charge on any atom is 0.354 e. The Morgan fingerprint density at radius 3 is 2.76 bits per heavy atom. The summed E-state index contributed by atoms with van der Waals surface area (Å²) in [5.41, 5.74) is -0.310. The molecule has 0 saturated carbocycles. The maximum absolute atomic E-state index is 13.1. The molecule has 2 N–H and O–H groups in total. The normalized spacial score (nSPS) is 10.5. The van der Waals surface area contributed by atoms with E-state index in [2.05, 4.69) is 4.98 Å². The number of carbonyl (C=O) groups is 1. The number of nitrogens with zero attached hydrogens (tertiary/aromatic N) is 1. The van der Waals surface area contributed by atoms with Crippen LogP contribution in [0.5, 0.6) is 0 Å². The van der Waals surface area contributed by atoms with Crippen molar-refractivity contribution in [2.75, 3.05) is 0 Å². The molecule has 88 valence electrons. The number of hydrogen-bond donors (Lipinski definition) is 2. The van der Waals surface area contributed by atoms with E-state index in [1.807, 2.05) is 0 Å². The van der Waals surface area contributed by atoms with Gasteiger partial charge in [0.05, 0.1) is 5.69 Å². The summed E-state index contributed by atoms with van der Waals surface area (Å²) in [5.74, 6) is -1.76. The summed E-state index contributed by atoms with van der Waals surface area (Å²) < 4.78 is 14.2. The van der Waals surface area contributed by atoms with Crippen LogP contribution in [0.25, 0.3) is 11.3 Å². The Balaban J connectivity index is 2.74. The van der Waals surface area contributed by atoms with Crippen molar-refractivity contribution in [3.05, 3.63) is 46.3 Å². The van der Waals surface area contributed by atoms with Crippen molar-refractivity contribution in [1.29, 1.82) is 0 Å². The largest absolute Gasteiger partial charge is 0.477 e. The summed E-state index contributed by atoms with van der Waals surface area (Å²) >= 11 is 0. The standard InChI is InChI=1S/C11H9FN2O3/c1-14-9(6-3-2-4-7(12)5-6)8(10(15)16)13-11(14)17/h2-5H,1H3,(H,13,17)(H,15,16). The van der Waals surface area contributed by atoms with Gasteiger partial charge in [-0.05, 0) is 12.1 Å². The van der Waals surface area contributed by atoms with Crippen LogP contribution in [0.1, 0.15) is 10.5 Å². The molecule has 1 aromatic heterocycles. The average Bonchev–Trinajstić information content (AvgIpc) is 2.56. The number of hydrogen-bond acceptors (Lipinski definition) is 2. The van der Waals surface area contributed by atoms with E-state index >= 15 is 0 Å². The number of benzene rings is 1. The smallest absolute Gasteiger partial charge is 0.354 e. The Morgan fingerprint density at radius 1 is 1.47 bits per heavy atom. The molecule has 2 aromatic rings. The highest BCUT2D eigenvalue weighted by atomic mass is 19.1. The zero-order valence-electron chi connectivity index (χ0n) is 8.90. The monoisotopic (exact) mass is 236 g/mol. The molecule has 0 aliphatic rings. The van der Waals surface area contributed by atoms with Gasteiger partial charge in [-0.1, -0.05) is 12.1 Å². The van der Waals surface area contributed by atoms with E-state index in [0.29, 0.717) is 5.56 Å². The van der Waals surface area contributed by atoms with Gasteiger partial charge >= 0.3 is 11.7 Å². The molecule has 0 radical (unpaired) electrons. The van der Waals surface area contributed by atoms with Crippen LogP contribution in [0.2, 0.25) is 0 Å². The molecular weight excluding hydrogens is 227 g/mol. The van der Waals surface area contributed by atoms with E-state index in [1.165, 1.54) is 31.3 Å². The van der Waals surface area contributed by atoms with Crippen LogP contribution in [0.3, 0.4) is 0 Å². The molecule has 0 aliphatic heterocycles. The fraction of sp³-hybridized carbons (Fsp3) is 0.0909. The zero-order valence-corrected chi connectivity index (χ0v) is 8.90. The first kappa shape index (κ1) is 11.1. The zero-order chi connectivity index (χ0) is 12.6. The van der Waals surface area contributed by atoms with Crippen LogP contribution >= 0.6 is 0 Å². The molecule has 0 fully saturated rings. The number of rotatable bonds is 2. The van der Waals surface area contributed by atoms with Crippen molar-refractivity contribution in [1.82, 2.24) is 9.55 Å². The lowest BCUT2D eigenvalue weighted by Gasteiger charge is -2.03. The summed E-state index contributed by atoms with van der Waals surface area (Å²) in [6.45, 7) is 0. The van der Waals surface area contributed by atoms with E-state index in [4.69, 9.17) is 5.11 Å². The van der Waals surface area contributed by atoms with Crippen LogP contribution in [0.15, 0.2) is 29.1 Å². The van der Waals surface area contributed by atoms with Gasteiger partial charge in [-0.2, -0.15) is 0 Å². The second-order valence-electron chi connectivity index (χ2n) is 3.53. The number of imidazole rings is 1. The third-order valence-electron chi connectivity index (χ3n) is 2.42. The van der Waals surface area contributed by atoms with Gasteiger partial charge in [-0.25, -0.2) is 14.0 Å². The van der Waals surface area contributed by atoms with Crippen molar-refractivity contribution in [2.24, 2.45) is 7.05 Å². The molecule has 0 saturated heterocycles. The lowest BCUT2D eigenvalue weighted by molar-refractivity contribution is 0.0691. The molecule has 0 bridgehead atoms. The van der Waals surface area contributed by atoms with Crippen molar-refractivity contribution < 1.29 is 14.3 Å². The maximum atomic E-state index is 13.1. The van der Waals surface area contributed by atoms with Gasteiger partial charge in [0.15, 0.2) is 5.69 Å². The van der Waals surface area contributed by atoms with Gasteiger partial charge in [0.1, 0.15) is 5.82 Å². The summed E-state index contributed by atoms with van der Waals surface area (Å²) in [5, 5.41) is 8.96. The predicted octanol–water partition coefficient (Wildman–Crippen LogP) is 1.22. The number of carboxylic acids is 1. The second kappa shape index (κ2) is 3.89. The Bertz CT molecular complexity index is 642. The van der Waals surface area contributed by atoms with E-state index in [0.717, 1.165) is 4.57 Å². The molecule has 1 aromatic carbocycles. The highest BCUT2D eigenvalue weighted by Gasteiger charge is 2.18. The number of H-pyrrole nitrogens is 1. The number of aromatic nitrogens is 2. The number of carboxylic acid groups (broad SMARTS) is 1. The number of aromatic amines is 1. The molecule has 2 rings (SSSR count). The second-order valence-corrected chi connectivity index (χ2v) is 3.53. The third kappa shape index (κ3) is 1.84. The summed E-state index contributed by atoms with van der Waals surface area (Å²) in [7, 11) is 1.42. The molecule has 1 heterocycles. The minimum atomic E-state index is -1.26. The molecule has 0 aliphatic carbocycles. The van der Waals surface area contributed by atoms with Gasteiger partial charge in [-0.15, -0.1) is 0 Å². The molecule has 6 heteroatoms. The third-order valence-corrected chi connectivity index (χ3v) is 2.42. The number of aromatic carboxylic acids is 1. The summed E-state index contributed by atoms with van der Waals surface area (Å²) in [4.78, 5) is 24.6. The van der Waals surface area contributed by atoms with Gasteiger partial charge < -0.3 is 5.11 Å². The Labute approximate surface area is 95.1 Å². The van der Waals surface area contributed by atoms with Crippen molar-refractivity contribution in [3.8, 4) is 11.3 Å². The van der Waals surface area contributed by atoms with Crippen LogP contribution in [-0.4, -0.2) is 20.6 Å². The fourth-order valence-electron chi connectivity index (χ4n) is 1.65. The summed E-state index contributed by atoms with van der Waals surface area (Å²) in [6, 6.07) is 5.41. The summed E-state index contributed by atoms with van der Waals surface area (Å²) in [6.07, 6.45) is 0. The number of nitrogens with one attached hydrogen (secondary N) is 1. The molecule has 0 unspecified atom stereocenters. The van der Waals surface area contributed by atoms with E-state index in [9.17, 15) is 14.0 Å². The molecule has 0 spiro atoms. The first-order chi connectivity index (χ1) is 8.00. The van der Waals surface area contributed by atoms with Crippen LogP contribution in [0, 0.1) is 5.82 Å². The van der Waals surface area contributed by atoms with E-state index < -0.39 is 17.5 Å². The van der Waals surface area contributed by atoms with Gasteiger partial charge in [-0.3, -0.25) is 9.55 Å². The van der Waals surface area contributed by atoms with Gasteiger partial charge in [0.2, 0.25) is 0 Å². The first-order valence-electron chi connectivity index (χ1n) is 4.79. The minimum Gasteiger partial charge on any atom is -0.477 e. The quantitative estimate of drug-likeness (QED) is 0.823. The highest BCUT2D eigenvalue weighted by Crippen LogP contribution is 2.21. The van der Waals surface area contributed by atoms with Gasteiger partial charge in [0.25, 0.3) is 0 Å². The van der Waals surface area contributed by atoms with Crippen molar-refractivity contribution in [3.63, 3.8) is 0 Å². The van der Waals surface area contributed by atoms with Crippen LogP contribution < -0.4 is 5.69 Å². The Hall–Kier alpha value is -2.37. The van der Waals surface area contributed by atoms with Crippen LogP contribution in [0.4, 0.5) is 4.39 Å². The Morgan fingerprint density at radius 2 is 2.18 bits per heavy atom. The number of halogens is 1. The Kier molecular flexibility index (Phi) is 2.55. The van der Waals surface area contributed by atoms with E-state index in [1.54, 1.807) is 0 Å².